The van der Waals surface area contributed by atoms with Gasteiger partial charge in [0.05, 0.1) is 19.6 Å². The van der Waals surface area contributed by atoms with Gasteiger partial charge in [-0.05, 0) is 49.3 Å². The van der Waals surface area contributed by atoms with Crippen molar-refractivity contribution in [2.45, 2.75) is 50.4 Å². The molecule has 1 saturated heterocycles. The number of nitrogens with zero attached hydrogens (tertiary/aromatic N) is 2. The van der Waals surface area contributed by atoms with E-state index in [-0.39, 0.29) is 5.41 Å². The summed E-state index contributed by atoms with van der Waals surface area (Å²) in [5.74, 6) is 3.63. The van der Waals surface area contributed by atoms with Crippen molar-refractivity contribution in [3.63, 3.8) is 0 Å². The number of hydrogen-bond donors (Lipinski definition) is 0. The molecule has 1 aromatic heterocycles. The third-order valence-corrected chi connectivity index (χ3v) is 6.09. The molecule has 0 amide bonds. The maximum Gasteiger partial charge on any atom is 0.226 e. The van der Waals surface area contributed by atoms with Crippen LogP contribution in [0, 0.1) is 5.92 Å². The van der Waals surface area contributed by atoms with Crippen LogP contribution in [0.2, 0.25) is 0 Å². The van der Waals surface area contributed by atoms with Crippen molar-refractivity contribution in [1.82, 2.24) is 10.1 Å². The molecule has 2 fully saturated rings. The first-order chi connectivity index (χ1) is 13.2. The van der Waals surface area contributed by atoms with E-state index in [1.54, 1.807) is 14.2 Å². The highest BCUT2D eigenvalue weighted by Gasteiger charge is 2.42. The lowest BCUT2D eigenvalue weighted by Crippen LogP contribution is -2.25. The van der Waals surface area contributed by atoms with E-state index in [1.165, 1.54) is 5.56 Å². The van der Waals surface area contributed by atoms with Gasteiger partial charge >= 0.3 is 0 Å². The fourth-order valence-corrected chi connectivity index (χ4v) is 4.48. The minimum Gasteiger partial charge on any atom is -0.493 e. The summed E-state index contributed by atoms with van der Waals surface area (Å²) >= 11 is 0. The van der Waals surface area contributed by atoms with E-state index < -0.39 is 0 Å². The van der Waals surface area contributed by atoms with Crippen molar-refractivity contribution in [2.75, 3.05) is 27.4 Å². The summed E-state index contributed by atoms with van der Waals surface area (Å²) in [5, 5.41) is 4.42. The SMILES string of the molecule is COc1ccc(C2(c3noc(CC4CCOCC4)n3)CCCC2)cc1OC. The molecule has 0 radical (unpaired) electrons. The molecule has 4 rings (SSSR count). The van der Waals surface area contributed by atoms with Gasteiger partial charge < -0.3 is 18.7 Å². The molecular formula is C21H28N2O4. The van der Waals surface area contributed by atoms with Gasteiger partial charge in [0.25, 0.3) is 0 Å². The Morgan fingerprint density at radius 1 is 1.07 bits per heavy atom. The fraction of sp³-hybridized carbons (Fsp3) is 0.619. The van der Waals surface area contributed by atoms with Gasteiger partial charge in [-0.2, -0.15) is 4.98 Å². The number of aromatic nitrogens is 2. The van der Waals surface area contributed by atoms with E-state index in [9.17, 15) is 0 Å². The highest BCUT2D eigenvalue weighted by Crippen LogP contribution is 2.47. The normalized spacial score (nSPS) is 19.9. The second kappa shape index (κ2) is 7.89. The Bertz CT molecular complexity index is 761. The molecule has 146 valence electrons. The van der Waals surface area contributed by atoms with E-state index in [4.69, 9.17) is 23.7 Å². The van der Waals surface area contributed by atoms with Gasteiger partial charge in [0.2, 0.25) is 5.89 Å². The maximum absolute atomic E-state index is 5.67. The van der Waals surface area contributed by atoms with Gasteiger partial charge in [-0.3, -0.25) is 0 Å². The summed E-state index contributed by atoms with van der Waals surface area (Å²) in [6.45, 7) is 1.67. The minimum absolute atomic E-state index is 0.197. The van der Waals surface area contributed by atoms with Crippen LogP contribution in [-0.4, -0.2) is 37.6 Å². The van der Waals surface area contributed by atoms with Crippen LogP contribution in [0.4, 0.5) is 0 Å². The molecule has 2 aromatic rings. The van der Waals surface area contributed by atoms with Crippen LogP contribution in [0.25, 0.3) is 0 Å². The molecule has 0 bridgehead atoms. The van der Waals surface area contributed by atoms with Crippen molar-refractivity contribution < 1.29 is 18.7 Å². The molecule has 0 N–H and O–H groups in total. The average Bonchev–Trinajstić information content (AvgIpc) is 3.38. The third kappa shape index (κ3) is 3.55. The van der Waals surface area contributed by atoms with E-state index in [1.807, 2.05) is 6.07 Å². The van der Waals surface area contributed by atoms with E-state index in [0.29, 0.717) is 5.92 Å². The van der Waals surface area contributed by atoms with Crippen LogP contribution >= 0.6 is 0 Å². The van der Waals surface area contributed by atoms with Gasteiger partial charge in [-0.25, -0.2) is 0 Å². The van der Waals surface area contributed by atoms with Crippen LogP contribution in [0.1, 0.15) is 55.8 Å². The van der Waals surface area contributed by atoms with Gasteiger partial charge in [-0.15, -0.1) is 0 Å². The zero-order valence-electron chi connectivity index (χ0n) is 16.2. The van der Waals surface area contributed by atoms with Crippen molar-refractivity contribution in [3.05, 3.63) is 35.5 Å². The van der Waals surface area contributed by atoms with Crippen molar-refractivity contribution >= 4 is 0 Å². The summed E-state index contributed by atoms with van der Waals surface area (Å²) < 4.78 is 22.0. The number of methoxy groups -OCH3 is 2. The Balaban J connectivity index is 1.62. The third-order valence-electron chi connectivity index (χ3n) is 6.09. The number of rotatable bonds is 6. The summed E-state index contributed by atoms with van der Waals surface area (Å²) in [6, 6.07) is 6.15. The second-order valence-corrected chi connectivity index (χ2v) is 7.63. The molecule has 0 atom stereocenters. The highest BCUT2D eigenvalue weighted by molar-refractivity contribution is 5.47. The van der Waals surface area contributed by atoms with Crippen molar-refractivity contribution in [1.29, 1.82) is 0 Å². The Labute approximate surface area is 160 Å². The zero-order chi connectivity index (χ0) is 18.7. The molecule has 1 aromatic carbocycles. The fourth-order valence-electron chi connectivity index (χ4n) is 4.48. The predicted octanol–water partition coefficient (Wildman–Crippen LogP) is 3.92. The molecule has 27 heavy (non-hydrogen) atoms. The first-order valence-electron chi connectivity index (χ1n) is 9.88. The first kappa shape index (κ1) is 18.3. The molecule has 2 aliphatic rings. The molecular weight excluding hydrogens is 344 g/mol. The first-order valence-corrected chi connectivity index (χ1v) is 9.88. The molecule has 1 aliphatic carbocycles. The van der Waals surface area contributed by atoms with E-state index >= 15 is 0 Å². The lowest BCUT2D eigenvalue weighted by atomic mass is 9.78. The largest absolute Gasteiger partial charge is 0.493 e. The maximum atomic E-state index is 5.67. The Morgan fingerprint density at radius 3 is 2.52 bits per heavy atom. The number of ether oxygens (including phenoxy) is 3. The number of hydrogen-bond acceptors (Lipinski definition) is 6. The van der Waals surface area contributed by atoms with E-state index in [2.05, 4.69) is 17.3 Å². The van der Waals surface area contributed by atoms with Crippen LogP contribution in [0.15, 0.2) is 22.7 Å². The van der Waals surface area contributed by atoms with Crippen LogP contribution in [0.3, 0.4) is 0 Å². The smallest absolute Gasteiger partial charge is 0.226 e. The van der Waals surface area contributed by atoms with Gasteiger partial charge in [0.1, 0.15) is 0 Å². The predicted molar refractivity (Wildman–Crippen MR) is 100 cm³/mol. The summed E-state index contributed by atoms with van der Waals surface area (Å²) in [5.41, 5.74) is 0.979. The molecule has 0 spiro atoms. The zero-order valence-corrected chi connectivity index (χ0v) is 16.2. The summed E-state index contributed by atoms with van der Waals surface area (Å²) in [7, 11) is 3.33. The van der Waals surface area contributed by atoms with Gasteiger partial charge in [-0.1, -0.05) is 24.1 Å². The lowest BCUT2D eigenvalue weighted by molar-refractivity contribution is 0.0642. The topological polar surface area (TPSA) is 66.6 Å². The van der Waals surface area contributed by atoms with Crippen molar-refractivity contribution in [2.24, 2.45) is 5.92 Å². The standard InChI is InChI=1S/C21H28N2O4/c1-24-17-6-5-16(14-18(17)25-2)21(9-3-4-10-21)20-22-19(27-23-20)13-15-7-11-26-12-8-15/h5-6,14-15H,3-4,7-13H2,1-2H3. The average molecular weight is 372 g/mol. The Kier molecular flexibility index (Phi) is 5.34. The van der Waals surface area contributed by atoms with Crippen LogP contribution < -0.4 is 9.47 Å². The molecule has 1 saturated carbocycles. The number of benzene rings is 1. The summed E-state index contributed by atoms with van der Waals surface area (Å²) in [6.07, 6.45) is 7.36. The van der Waals surface area contributed by atoms with Crippen molar-refractivity contribution in [3.8, 4) is 11.5 Å². The highest BCUT2D eigenvalue weighted by atomic mass is 16.5. The molecule has 6 nitrogen and oxygen atoms in total. The monoisotopic (exact) mass is 372 g/mol. The Morgan fingerprint density at radius 2 is 1.81 bits per heavy atom. The molecule has 0 unspecified atom stereocenters. The van der Waals surface area contributed by atoms with E-state index in [0.717, 1.165) is 81.4 Å². The molecule has 1 aliphatic heterocycles. The summed E-state index contributed by atoms with van der Waals surface area (Å²) in [4.78, 5) is 4.84. The van der Waals surface area contributed by atoms with Gasteiger partial charge in [0, 0.05) is 19.6 Å². The molecule has 2 heterocycles. The van der Waals surface area contributed by atoms with Crippen LogP contribution in [-0.2, 0) is 16.6 Å². The quantitative estimate of drug-likeness (QED) is 0.766. The lowest BCUT2D eigenvalue weighted by Gasteiger charge is -2.26. The van der Waals surface area contributed by atoms with Crippen LogP contribution in [0.5, 0.6) is 11.5 Å². The van der Waals surface area contributed by atoms with Gasteiger partial charge in [0.15, 0.2) is 17.3 Å². The Hall–Kier alpha value is -2.08. The second-order valence-electron chi connectivity index (χ2n) is 7.63. The minimum atomic E-state index is -0.197. The molecule has 6 heteroatoms.